The molecule has 2 saturated heterocycles. The highest BCUT2D eigenvalue weighted by molar-refractivity contribution is 5.79. The number of morpholine rings is 1. The van der Waals surface area contributed by atoms with Crippen molar-refractivity contribution in [2.45, 2.75) is 58.9 Å². The van der Waals surface area contributed by atoms with E-state index in [4.69, 9.17) is 14.2 Å². The highest BCUT2D eigenvalue weighted by Gasteiger charge is 2.36. The summed E-state index contributed by atoms with van der Waals surface area (Å²) in [5.74, 6) is 2.98. The fourth-order valence-corrected chi connectivity index (χ4v) is 6.25. The Labute approximate surface area is 226 Å². The van der Waals surface area contributed by atoms with Crippen LogP contribution in [0.4, 0.5) is 0 Å². The van der Waals surface area contributed by atoms with Crippen molar-refractivity contribution >= 4 is 5.91 Å². The lowest BCUT2D eigenvalue weighted by Gasteiger charge is -2.38. The van der Waals surface area contributed by atoms with E-state index in [0.717, 1.165) is 75.7 Å². The zero-order valence-electron chi connectivity index (χ0n) is 23.1. The van der Waals surface area contributed by atoms with Gasteiger partial charge in [-0.2, -0.15) is 0 Å². The number of hydrogen-bond donors (Lipinski definition) is 1. The predicted octanol–water partition coefficient (Wildman–Crippen LogP) is 5.54. The molecule has 0 saturated carbocycles. The molecule has 3 heterocycles. The van der Waals surface area contributed by atoms with Gasteiger partial charge in [-0.3, -0.25) is 9.69 Å². The van der Waals surface area contributed by atoms with Crippen LogP contribution >= 0.6 is 0 Å². The molecule has 7 heteroatoms. The van der Waals surface area contributed by atoms with Crippen molar-refractivity contribution in [3.8, 4) is 23.0 Å². The highest BCUT2D eigenvalue weighted by atomic mass is 16.5. The van der Waals surface area contributed by atoms with Crippen LogP contribution in [0.5, 0.6) is 23.0 Å². The molecule has 38 heavy (non-hydrogen) atoms. The highest BCUT2D eigenvalue weighted by Crippen LogP contribution is 2.51. The van der Waals surface area contributed by atoms with Gasteiger partial charge in [0.25, 0.3) is 0 Å². The molecule has 1 amide bonds. The fraction of sp³-hybridized carbons (Fsp3) is 0.581. The molecule has 1 N–H and O–H groups in total. The summed E-state index contributed by atoms with van der Waals surface area (Å²) >= 11 is 0. The second-order valence-electron chi connectivity index (χ2n) is 11.0. The first kappa shape index (κ1) is 26.8. The van der Waals surface area contributed by atoms with Crippen LogP contribution in [0.2, 0.25) is 0 Å². The number of amides is 1. The van der Waals surface area contributed by atoms with Crippen LogP contribution in [0.25, 0.3) is 0 Å². The monoisotopic (exact) mass is 522 g/mol. The fourth-order valence-electron chi connectivity index (χ4n) is 6.25. The van der Waals surface area contributed by atoms with Crippen LogP contribution in [0, 0.1) is 11.8 Å². The molecule has 3 aliphatic heterocycles. The quantitative estimate of drug-likeness (QED) is 0.491. The average molecular weight is 523 g/mol. The maximum atomic E-state index is 13.8. The molecule has 2 aromatic carbocycles. The van der Waals surface area contributed by atoms with Gasteiger partial charge in [-0.25, -0.2) is 0 Å². The Morgan fingerprint density at radius 2 is 1.76 bits per heavy atom. The minimum Gasteiger partial charge on any atom is -0.507 e. The van der Waals surface area contributed by atoms with Gasteiger partial charge in [0.15, 0.2) is 0 Å². The first-order chi connectivity index (χ1) is 18.5. The Kier molecular flexibility index (Phi) is 8.44. The number of aromatic hydroxyl groups is 1. The zero-order valence-corrected chi connectivity index (χ0v) is 23.1. The van der Waals surface area contributed by atoms with Crippen molar-refractivity contribution < 1.29 is 24.1 Å². The SMILES string of the molecule is CCOc1cc(O)c2c(c1)Oc1cc(CN3CCOCC3)ccc1C2CC(=O)N1CC(CC)CC(CC)C1. The van der Waals surface area contributed by atoms with E-state index in [9.17, 15) is 9.90 Å². The molecule has 3 atom stereocenters. The number of phenols is 1. The van der Waals surface area contributed by atoms with Crippen molar-refractivity contribution in [1.29, 1.82) is 0 Å². The van der Waals surface area contributed by atoms with Gasteiger partial charge in [0.05, 0.1) is 19.8 Å². The van der Waals surface area contributed by atoms with E-state index in [-0.39, 0.29) is 17.6 Å². The van der Waals surface area contributed by atoms with Crippen LogP contribution in [-0.2, 0) is 16.1 Å². The van der Waals surface area contributed by atoms with E-state index in [1.807, 2.05) is 13.0 Å². The number of hydrogen-bond acceptors (Lipinski definition) is 6. The van der Waals surface area contributed by atoms with E-state index < -0.39 is 0 Å². The first-order valence-corrected chi connectivity index (χ1v) is 14.4. The molecule has 5 rings (SSSR count). The third-order valence-corrected chi connectivity index (χ3v) is 8.45. The van der Waals surface area contributed by atoms with E-state index >= 15 is 0 Å². The van der Waals surface area contributed by atoms with E-state index in [1.54, 1.807) is 6.07 Å². The standard InChI is InChI=1S/C31H42N2O5/c1-4-21-13-22(5-2)20-33(19-21)30(35)17-26-25-8-7-23(18-32-9-11-36-12-10-32)14-28(25)38-29-16-24(37-6-3)15-27(34)31(26)29/h7-8,14-16,21-22,26,34H,4-6,9-13,17-20H2,1-3H3. The lowest BCUT2D eigenvalue weighted by molar-refractivity contribution is -0.134. The Morgan fingerprint density at radius 3 is 2.45 bits per heavy atom. The Hall–Kier alpha value is -2.77. The summed E-state index contributed by atoms with van der Waals surface area (Å²) in [7, 11) is 0. The number of rotatable bonds is 8. The molecule has 3 aliphatic rings. The molecule has 2 aromatic rings. The van der Waals surface area contributed by atoms with Crippen molar-refractivity contribution in [3.63, 3.8) is 0 Å². The van der Waals surface area contributed by atoms with Gasteiger partial charge in [0, 0.05) is 68.3 Å². The molecule has 0 spiro atoms. The van der Waals surface area contributed by atoms with E-state index in [0.29, 0.717) is 41.9 Å². The minimum atomic E-state index is -0.281. The van der Waals surface area contributed by atoms with Gasteiger partial charge in [-0.05, 0) is 36.8 Å². The molecule has 7 nitrogen and oxygen atoms in total. The number of ether oxygens (including phenoxy) is 3. The lowest BCUT2D eigenvalue weighted by atomic mass is 9.82. The summed E-state index contributed by atoms with van der Waals surface area (Å²) < 4.78 is 17.6. The molecule has 0 radical (unpaired) electrons. The number of benzene rings is 2. The number of fused-ring (bicyclic) bond motifs is 2. The summed E-state index contributed by atoms with van der Waals surface area (Å²) in [6, 6.07) is 9.79. The summed E-state index contributed by atoms with van der Waals surface area (Å²) in [5, 5.41) is 11.1. The Bertz CT molecular complexity index is 1120. The molecule has 206 valence electrons. The smallest absolute Gasteiger partial charge is 0.223 e. The summed E-state index contributed by atoms with van der Waals surface area (Å²) in [6.07, 6.45) is 3.69. The third kappa shape index (κ3) is 5.79. The first-order valence-electron chi connectivity index (χ1n) is 14.4. The summed E-state index contributed by atoms with van der Waals surface area (Å²) in [4.78, 5) is 18.2. The average Bonchev–Trinajstić information content (AvgIpc) is 2.93. The van der Waals surface area contributed by atoms with Gasteiger partial charge in [0.2, 0.25) is 5.91 Å². The van der Waals surface area contributed by atoms with Gasteiger partial charge in [0.1, 0.15) is 23.0 Å². The lowest BCUT2D eigenvalue weighted by Crippen LogP contribution is -2.44. The number of phenolic OH excluding ortho intramolecular Hbond substituents is 1. The Balaban J connectivity index is 1.45. The van der Waals surface area contributed by atoms with Gasteiger partial charge in [-0.15, -0.1) is 0 Å². The zero-order chi connectivity index (χ0) is 26.6. The maximum absolute atomic E-state index is 13.8. The van der Waals surface area contributed by atoms with Crippen molar-refractivity contribution in [2.24, 2.45) is 11.8 Å². The summed E-state index contributed by atoms with van der Waals surface area (Å²) in [6.45, 7) is 12.7. The van der Waals surface area contributed by atoms with Gasteiger partial charge >= 0.3 is 0 Å². The van der Waals surface area contributed by atoms with Crippen LogP contribution in [0.15, 0.2) is 30.3 Å². The number of nitrogens with zero attached hydrogens (tertiary/aromatic N) is 2. The van der Waals surface area contributed by atoms with Crippen LogP contribution < -0.4 is 9.47 Å². The molecule has 0 aromatic heterocycles. The van der Waals surface area contributed by atoms with Crippen molar-refractivity contribution in [1.82, 2.24) is 9.80 Å². The maximum Gasteiger partial charge on any atom is 0.223 e. The number of likely N-dealkylation sites (tertiary alicyclic amines) is 1. The topological polar surface area (TPSA) is 71.5 Å². The second kappa shape index (κ2) is 12.0. The molecular formula is C31H42N2O5. The Morgan fingerprint density at radius 1 is 1.03 bits per heavy atom. The molecule has 3 unspecified atom stereocenters. The molecular weight excluding hydrogens is 480 g/mol. The molecule has 0 aliphatic carbocycles. The van der Waals surface area contributed by atoms with Crippen molar-refractivity contribution in [3.05, 3.63) is 47.0 Å². The number of carbonyl (C=O) groups is 1. The summed E-state index contributed by atoms with van der Waals surface area (Å²) in [5.41, 5.74) is 2.79. The van der Waals surface area contributed by atoms with Crippen molar-refractivity contribution in [2.75, 3.05) is 46.0 Å². The second-order valence-corrected chi connectivity index (χ2v) is 11.0. The van der Waals surface area contributed by atoms with Crippen LogP contribution in [0.3, 0.4) is 0 Å². The van der Waals surface area contributed by atoms with E-state index in [1.165, 1.54) is 6.42 Å². The normalized spacial score (nSPS) is 23.3. The number of piperidine rings is 1. The number of carbonyl (C=O) groups excluding carboxylic acids is 1. The van der Waals surface area contributed by atoms with Crippen LogP contribution in [-0.4, -0.2) is 66.8 Å². The largest absolute Gasteiger partial charge is 0.507 e. The minimum absolute atomic E-state index is 0.114. The predicted molar refractivity (Wildman–Crippen MR) is 147 cm³/mol. The van der Waals surface area contributed by atoms with Gasteiger partial charge in [-0.1, -0.05) is 38.8 Å². The van der Waals surface area contributed by atoms with Gasteiger partial charge < -0.3 is 24.2 Å². The third-order valence-electron chi connectivity index (χ3n) is 8.45. The molecule has 2 fully saturated rings. The van der Waals surface area contributed by atoms with Crippen LogP contribution in [0.1, 0.15) is 69.1 Å². The van der Waals surface area contributed by atoms with E-state index in [2.05, 4.69) is 41.8 Å². The molecule has 0 bridgehead atoms.